The van der Waals surface area contributed by atoms with Gasteiger partial charge < -0.3 is 15.3 Å². The Bertz CT molecular complexity index is 932. The molecule has 0 aromatic heterocycles. The number of terminal acetylenes is 1. The van der Waals surface area contributed by atoms with E-state index >= 15 is 0 Å². The lowest BCUT2D eigenvalue weighted by Gasteiger charge is -2.54. The number of aromatic hydroxyl groups is 1. The number of unbranched alkanes of at least 4 members (excludes halogenated alkanes) is 7. The third kappa shape index (κ3) is 5.26. The monoisotopic (exact) mass is 480 g/mol. The van der Waals surface area contributed by atoms with E-state index in [1.807, 2.05) is 12.1 Å². The van der Waals surface area contributed by atoms with E-state index in [4.69, 9.17) is 11.5 Å². The molecule has 0 aliphatic heterocycles. The zero-order valence-electron chi connectivity index (χ0n) is 21.5. The molecule has 192 valence electrons. The maximum Gasteiger partial charge on any atom is 0.303 e. The summed E-state index contributed by atoms with van der Waals surface area (Å²) in [4.78, 5) is 10.6. The molecule has 3 unspecified atom stereocenters. The fourth-order valence-electron chi connectivity index (χ4n) is 8.06. The average molecular weight is 481 g/mol. The maximum absolute atomic E-state index is 11.3. The summed E-state index contributed by atoms with van der Waals surface area (Å²) < 4.78 is 0. The Morgan fingerprint density at radius 3 is 2.43 bits per heavy atom. The zero-order chi connectivity index (χ0) is 25.1. The van der Waals surface area contributed by atoms with Crippen LogP contribution in [-0.2, 0) is 11.2 Å². The Kier molecular flexibility index (Phi) is 8.16. The van der Waals surface area contributed by atoms with E-state index in [1.54, 1.807) is 0 Å². The van der Waals surface area contributed by atoms with Crippen molar-refractivity contribution in [3.63, 3.8) is 0 Å². The number of hydrogen-bond donors (Lipinski definition) is 3. The molecule has 3 N–H and O–H groups in total. The van der Waals surface area contributed by atoms with Gasteiger partial charge in [-0.1, -0.05) is 63.9 Å². The standard InChI is InChI=1S/C31H44O4/c1-3-31(35)19-17-27-29-22(12-10-8-6-4-5-7-9-11-13-28(33)34)20-23-21-24(32)14-15-25(23)26(29)16-18-30(27,31)2/h1,14-15,21-22,26-27,29,32,35H,4-13,16-20H2,2H3,(H,33,34)/t22-,26?,27?,29?,30+,31+/m1/s1. The SMILES string of the molecule is C#C[C@]1(O)CCC2C3C(CC[C@@]21C)c1ccc(O)cc1C[C@H]3CCCCCCCCCCC(=O)O. The lowest BCUT2D eigenvalue weighted by Crippen LogP contribution is -2.52. The van der Waals surface area contributed by atoms with Crippen molar-refractivity contribution in [1.29, 1.82) is 0 Å². The van der Waals surface area contributed by atoms with Gasteiger partial charge in [0.2, 0.25) is 0 Å². The van der Waals surface area contributed by atoms with Gasteiger partial charge in [0.15, 0.2) is 0 Å². The molecule has 6 atom stereocenters. The van der Waals surface area contributed by atoms with Crippen molar-refractivity contribution >= 4 is 5.97 Å². The second-order valence-electron chi connectivity index (χ2n) is 11.9. The Balaban J connectivity index is 1.36. The highest BCUT2D eigenvalue weighted by Gasteiger charge is 2.62. The number of carbonyl (C=O) groups is 1. The van der Waals surface area contributed by atoms with Crippen LogP contribution in [0.1, 0.15) is 114 Å². The van der Waals surface area contributed by atoms with E-state index in [9.17, 15) is 15.0 Å². The Morgan fingerprint density at radius 1 is 1.06 bits per heavy atom. The molecule has 0 bridgehead atoms. The molecule has 4 nitrogen and oxygen atoms in total. The van der Waals surface area contributed by atoms with Crippen molar-refractivity contribution < 1.29 is 20.1 Å². The van der Waals surface area contributed by atoms with Gasteiger partial charge in [0.1, 0.15) is 11.4 Å². The number of benzene rings is 1. The lowest BCUT2D eigenvalue weighted by molar-refractivity contribution is -0.137. The van der Waals surface area contributed by atoms with Gasteiger partial charge in [-0.2, -0.15) is 0 Å². The molecule has 0 amide bonds. The quantitative estimate of drug-likeness (QED) is 0.240. The number of phenols is 1. The van der Waals surface area contributed by atoms with Gasteiger partial charge in [0.25, 0.3) is 0 Å². The predicted molar refractivity (Wildman–Crippen MR) is 139 cm³/mol. The first-order valence-corrected chi connectivity index (χ1v) is 14.0. The summed E-state index contributed by atoms with van der Waals surface area (Å²) in [5.41, 5.74) is 1.57. The van der Waals surface area contributed by atoms with Gasteiger partial charge in [-0.3, -0.25) is 4.79 Å². The number of hydrogen-bond acceptors (Lipinski definition) is 3. The fourth-order valence-corrected chi connectivity index (χ4v) is 8.06. The van der Waals surface area contributed by atoms with E-state index in [0.29, 0.717) is 35.8 Å². The smallest absolute Gasteiger partial charge is 0.303 e. The molecule has 1 aromatic carbocycles. The lowest BCUT2D eigenvalue weighted by atomic mass is 9.50. The number of carboxylic acid groups (broad SMARTS) is 1. The molecule has 0 heterocycles. The van der Waals surface area contributed by atoms with Crippen LogP contribution >= 0.6 is 0 Å². The molecule has 2 saturated carbocycles. The second kappa shape index (κ2) is 11.0. The van der Waals surface area contributed by atoms with Crippen molar-refractivity contribution in [1.82, 2.24) is 0 Å². The molecule has 0 radical (unpaired) electrons. The Labute approximate surface area is 211 Å². The van der Waals surface area contributed by atoms with Crippen molar-refractivity contribution in [2.24, 2.45) is 23.2 Å². The van der Waals surface area contributed by atoms with Gasteiger partial charge in [-0.15, -0.1) is 6.42 Å². The summed E-state index contributed by atoms with van der Waals surface area (Å²) in [5.74, 6) is 4.58. The topological polar surface area (TPSA) is 77.8 Å². The molecule has 0 spiro atoms. The van der Waals surface area contributed by atoms with E-state index in [1.165, 1.54) is 49.7 Å². The Morgan fingerprint density at radius 2 is 1.74 bits per heavy atom. The van der Waals surface area contributed by atoms with E-state index in [0.717, 1.165) is 51.4 Å². The number of rotatable bonds is 11. The fraction of sp³-hybridized carbons (Fsp3) is 0.710. The summed E-state index contributed by atoms with van der Waals surface area (Å²) >= 11 is 0. The van der Waals surface area contributed by atoms with Crippen LogP contribution < -0.4 is 0 Å². The first-order chi connectivity index (χ1) is 16.8. The van der Waals surface area contributed by atoms with Crippen molar-refractivity contribution in [2.75, 3.05) is 0 Å². The summed E-state index contributed by atoms with van der Waals surface area (Å²) in [7, 11) is 0. The van der Waals surface area contributed by atoms with E-state index in [-0.39, 0.29) is 5.41 Å². The largest absolute Gasteiger partial charge is 0.508 e. The van der Waals surface area contributed by atoms with Crippen LogP contribution in [0.2, 0.25) is 0 Å². The van der Waals surface area contributed by atoms with Crippen LogP contribution in [-0.4, -0.2) is 26.9 Å². The van der Waals surface area contributed by atoms with Gasteiger partial charge in [0.05, 0.1) is 0 Å². The van der Waals surface area contributed by atoms with Crippen LogP contribution in [0.4, 0.5) is 0 Å². The van der Waals surface area contributed by atoms with Gasteiger partial charge in [0, 0.05) is 11.8 Å². The van der Waals surface area contributed by atoms with Gasteiger partial charge in [-0.25, -0.2) is 0 Å². The summed E-state index contributed by atoms with van der Waals surface area (Å²) in [5, 5.41) is 30.2. The normalized spacial score (nSPS) is 33.4. The summed E-state index contributed by atoms with van der Waals surface area (Å²) in [6.45, 7) is 2.25. The van der Waals surface area contributed by atoms with E-state index < -0.39 is 11.6 Å². The van der Waals surface area contributed by atoms with Gasteiger partial charge in [-0.05, 0) is 91.9 Å². The molecule has 35 heavy (non-hydrogen) atoms. The number of fused-ring (bicyclic) bond motifs is 5. The third-order valence-corrected chi connectivity index (χ3v) is 9.99. The third-order valence-electron chi connectivity index (χ3n) is 9.99. The average Bonchev–Trinajstić information content (AvgIpc) is 3.10. The van der Waals surface area contributed by atoms with Crippen LogP contribution in [0.25, 0.3) is 0 Å². The minimum atomic E-state index is -0.979. The molecule has 2 fully saturated rings. The summed E-state index contributed by atoms with van der Waals surface area (Å²) in [6, 6.07) is 5.99. The minimum absolute atomic E-state index is 0.198. The molecule has 0 saturated heterocycles. The highest BCUT2D eigenvalue weighted by atomic mass is 16.4. The molecule has 3 aliphatic rings. The summed E-state index contributed by atoms with van der Waals surface area (Å²) in [6.07, 6.45) is 21.3. The van der Waals surface area contributed by atoms with Crippen molar-refractivity contribution in [2.45, 2.75) is 115 Å². The van der Waals surface area contributed by atoms with Crippen LogP contribution in [0.5, 0.6) is 5.75 Å². The van der Waals surface area contributed by atoms with Crippen LogP contribution in [0.3, 0.4) is 0 Å². The highest BCUT2D eigenvalue weighted by molar-refractivity contribution is 5.66. The number of phenolic OH excluding ortho intramolecular Hbond substituents is 1. The Hall–Kier alpha value is -1.99. The minimum Gasteiger partial charge on any atom is -0.508 e. The number of carboxylic acids is 1. The van der Waals surface area contributed by atoms with Crippen molar-refractivity contribution in [3.05, 3.63) is 29.3 Å². The maximum atomic E-state index is 11.3. The second-order valence-corrected chi connectivity index (χ2v) is 11.9. The molecular weight excluding hydrogens is 436 g/mol. The van der Waals surface area contributed by atoms with Gasteiger partial charge >= 0.3 is 5.97 Å². The molecule has 1 aromatic rings. The highest BCUT2D eigenvalue weighted by Crippen LogP contribution is 2.65. The zero-order valence-corrected chi connectivity index (χ0v) is 21.5. The first-order valence-electron chi connectivity index (χ1n) is 14.0. The number of aliphatic carboxylic acids is 1. The molecule has 4 heteroatoms. The van der Waals surface area contributed by atoms with E-state index in [2.05, 4.69) is 18.9 Å². The van der Waals surface area contributed by atoms with Crippen molar-refractivity contribution in [3.8, 4) is 18.1 Å². The number of aliphatic hydroxyl groups is 1. The van der Waals surface area contributed by atoms with Crippen LogP contribution in [0.15, 0.2) is 18.2 Å². The van der Waals surface area contributed by atoms with Crippen LogP contribution in [0, 0.1) is 35.5 Å². The molecule has 3 aliphatic carbocycles. The first kappa shape index (κ1) is 26.1. The molecular formula is C31H44O4. The molecule has 4 rings (SSSR count). The predicted octanol–water partition coefficient (Wildman–Crippen LogP) is 6.82.